The van der Waals surface area contributed by atoms with Crippen molar-refractivity contribution in [2.45, 2.75) is 0 Å². The number of benzene rings is 1. The Morgan fingerprint density at radius 3 is 2.86 bits per heavy atom. The summed E-state index contributed by atoms with van der Waals surface area (Å²) in [7, 11) is 0. The highest BCUT2D eigenvalue weighted by molar-refractivity contribution is 5.83. The minimum atomic E-state index is -1.15. The molecular formula is C13H9N5O4. The van der Waals surface area contributed by atoms with Crippen LogP contribution in [-0.4, -0.2) is 31.3 Å². The lowest BCUT2D eigenvalue weighted by atomic mass is 10.3. The van der Waals surface area contributed by atoms with Gasteiger partial charge < -0.3 is 14.4 Å². The summed E-state index contributed by atoms with van der Waals surface area (Å²) in [4.78, 5) is 22.5. The second-order valence-corrected chi connectivity index (χ2v) is 4.05. The molecule has 22 heavy (non-hydrogen) atoms. The Morgan fingerprint density at radius 2 is 2.09 bits per heavy atom. The second kappa shape index (κ2) is 5.87. The van der Waals surface area contributed by atoms with Gasteiger partial charge in [-0.15, -0.1) is 0 Å². The number of amides is 1. The molecule has 3 aromatic rings. The number of carboxylic acid groups (broad SMARTS) is 1. The first-order chi connectivity index (χ1) is 10.7. The Balaban J connectivity index is 1.81. The summed E-state index contributed by atoms with van der Waals surface area (Å²) in [5, 5.41) is 14.4. The molecule has 0 atom stereocenters. The molecule has 2 N–H and O–H groups in total. The molecule has 0 spiro atoms. The van der Waals surface area contributed by atoms with Gasteiger partial charge in [0.15, 0.2) is 6.33 Å². The number of nitrogens with one attached hydrogen (secondary N) is 1. The Kier molecular flexibility index (Phi) is 3.60. The van der Waals surface area contributed by atoms with E-state index >= 15 is 0 Å². The van der Waals surface area contributed by atoms with Gasteiger partial charge >= 0.3 is 6.09 Å². The number of hydrogen-bond donors (Lipinski definition) is 2. The lowest BCUT2D eigenvalue weighted by molar-refractivity contribution is 0.210. The summed E-state index contributed by atoms with van der Waals surface area (Å²) in [6.45, 7) is 0. The quantitative estimate of drug-likeness (QED) is 0.752. The second-order valence-electron chi connectivity index (χ2n) is 4.05. The molecule has 0 radical (unpaired) electrons. The topological polar surface area (TPSA) is 123 Å². The monoisotopic (exact) mass is 299 g/mol. The van der Waals surface area contributed by atoms with Gasteiger partial charge in [-0.3, -0.25) is 5.32 Å². The van der Waals surface area contributed by atoms with E-state index in [9.17, 15) is 4.79 Å². The molecule has 0 bridgehead atoms. The molecule has 9 heteroatoms. The molecule has 2 aromatic heterocycles. The normalized spacial score (nSPS) is 10.2. The summed E-state index contributed by atoms with van der Waals surface area (Å²) < 4.78 is 10.5. The molecule has 0 saturated heterocycles. The van der Waals surface area contributed by atoms with Crippen molar-refractivity contribution in [1.29, 1.82) is 0 Å². The first-order valence-corrected chi connectivity index (χ1v) is 6.08. The number of anilines is 1. The van der Waals surface area contributed by atoms with E-state index in [0.29, 0.717) is 17.1 Å². The van der Waals surface area contributed by atoms with Gasteiger partial charge in [-0.2, -0.15) is 4.98 Å². The molecule has 3 rings (SSSR count). The van der Waals surface area contributed by atoms with Crippen LogP contribution in [0.1, 0.15) is 0 Å². The zero-order chi connectivity index (χ0) is 15.4. The summed E-state index contributed by atoms with van der Waals surface area (Å²) in [5.74, 6) is 0.922. The molecule has 0 aliphatic carbocycles. The number of hydrogen-bond acceptors (Lipinski definition) is 7. The minimum absolute atomic E-state index is 0.244. The van der Waals surface area contributed by atoms with Gasteiger partial charge in [-0.25, -0.2) is 14.8 Å². The highest BCUT2D eigenvalue weighted by Crippen LogP contribution is 2.24. The Morgan fingerprint density at radius 1 is 1.18 bits per heavy atom. The first kappa shape index (κ1) is 13.5. The fourth-order valence-electron chi connectivity index (χ4n) is 1.68. The van der Waals surface area contributed by atoms with Crippen LogP contribution in [0.2, 0.25) is 0 Å². The van der Waals surface area contributed by atoms with Crippen LogP contribution in [0.25, 0.3) is 11.6 Å². The molecule has 1 amide bonds. The third-order valence-electron chi connectivity index (χ3n) is 2.53. The van der Waals surface area contributed by atoms with Gasteiger partial charge in [0.25, 0.3) is 5.89 Å². The maximum atomic E-state index is 10.6. The van der Waals surface area contributed by atoms with Crippen LogP contribution in [0.15, 0.2) is 47.5 Å². The van der Waals surface area contributed by atoms with Gasteiger partial charge in [-0.1, -0.05) is 11.2 Å². The van der Waals surface area contributed by atoms with Crippen molar-refractivity contribution in [2.75, 3.05) is 5.32 Å². The summed E-state index contributed by atoms with van der Waals surface area (Å²) in [5.41, 5.74) is 0.804. The Hall–Kier alpha value is -3.49. The van der Waals surface area contributed by atoms with Crippen molar-refractivity contribution in [1.82, 2.24) is 20.1 Å². The van der Waals surface area contributed by atoms with E-state index in [4.69, 9.17) is 14.4 Å². The van der Waals surface area contributed by atoms with E-state index in [-0.39, 0.29) is 11.8 Å². The van der Waals surface area contributed by atoms with Crippen molar-refractivity contribution in [2.24, 2.45) is 0 Å². The largest absolute Gasteiger partial charge is 0.465 e. The number of carbonyl (C=O) groups is 1. The molecule has 0 unspecified atom stereocenters. The maximum Gasteiger partial charge on any atom is 0.409 e. The number of aromatic nitrogens is 4. The van der Waals surface area contributed by atoms with E-state index in [1.165, 1.54) is 24.8 Å². The molecule has 0 aliphatic heterocycles. The van der Waals surface area contributed by atoms with Crippen LogP contribution >= 0.6 is 0 Å². The van der Waals surface area contributed by atoms with E-state index in [0.717, 1.165) is 0 Å². The molecule has 110 valence electrons. The average Bonchev–Trinajstić information content (AvgIpc) is 3.01. The third-order valence-corrected chi connectivity index (χ3v) is 2.53. The van der Waals surface area contributed by atoms with Gasteiger partial charge in [-0.05, 0) is 12.1 Å². The van der Waals surface area contributed by atoms with Gasteiger partial charge in [0, 0.05) is 17.8 Å². The van der Waals surface area contributed by atoms with Gasteiger partial charge in [0.05, 0.1) is 0 Å². The molecule has 2 heterocycles. The fourth-order valence-corrected chi connectivity index (χ4v) is 1.68. The van der Waals surface area contributed by atoms with Crippen LogP contribution in [0.4, 0.5) is 10.5 Å². The molecule has 0 saturated carbocycles. The van der Waals surface area contributed by atoms with Crippen molar-refractivity contribution in [3.63, 3.8) is 0 Å². The first-order valence-electron chi connectivity index (χ1n) is 6.08. The van der Waals surface area contributed by atoms with Crippen molar-refractivity contribution in [3.8, 4) is 23.2 Å². The number of rotatable bonds is 4. The van der Waals surface area contributed by atoms with Crippen LogP contribution < -0.4 is 10.1 Å². The summed E-state index contributed by atoms with van der Waals surface area (Å²) in [6.07, 6.45) is 1.41. The summed E-state index contributed by atoms with van der Waals surface area (Å²) >= 11 is 0. The maximum absolute atomic E-state index is 10.6. The highest BCUT2D eigenvalue weighted by Gasteiger charge is 2.09. The van der Waals surface area contributed by atoms with E-state index in [2.05, 4.69) is 25.4 Å². The lowest BCUT2D eigenvalue weighted by Crippen LogP contribution is -2.06. The zero-order valence-corrected chi connectivity index (χ0v) is 11.0. The summed E-state index contributed by atoms with van der Waals surface area (Å²) in [6, 6.07) is 7.99. The minimum Gasteiger partial charge on any atom is -0.465 e. The van der Waals surface area contributed by atoms with E-state index < -0.39 is 6.09 Å². The van der Waals surface area contributed by atoms with E-state index in [1.807, 2.05) is 0 Å². The van der Waals surface area contributed by atoms with Gasteiger partial charge in [0.1, 0.15) is 17.8 Å². The van der Waals surface area contributed by atoms with Crippen LogP contribution in [-0.2, 0) is 0 Å². The predicted octanol–water partition coefficient (Wildman–Crippen LogP) is 2.41. The van der Waals surface area contributed by atoms with E-state index in [1.54, 1.807) is 18.2 Å². The van der Waals surface area contributed by atoms with Crippen molar-refractivity contribution < 1.29 is 19.2 Å². The SMILES string of the molecule is O=C(O)Nc1cccc(Oc2cc(-c3ncno3)ncn2)c1. The number of ether oxygens (including phenoxy) is 1. The van der Waals surface area contributed by atoms with Crippen molar-refractivity contribution in [3.05, 3.63) is 43.0 Å². The van der Waals surface area contributed by atoms with Crippen molar-refractivity contribution >= 4 is 11.8 Å². The lowest BCUT2D eigenvalue weighted by Gasteiger charge is -2.07. The molecule has 1 aromatic carbocycles. The average molecular weight is 299 g/mol. The smallest absolute Gasteiger partial charge is 0.409 e. The zero-order valence-electron chi connectivity index (χ0n) is 11.0. The third kappa shape index (κ3) is 3.15. The van der Waals surface area contributed by atoms with Crippen LogP contribution in [0.5, 0.6) is 11.6 Å². The van der Waals surface area contributed by atoms with Crippen LogP contribution in [0.3, 0.4) is 0 Å². The number of nitrogens with zero attached hydrogens (tertiary/aromatic N) is 4. The molecular weight excluding hydrogens is 290 g/mol. The molecule has 9 nitrogen and oxygen atoms in total. The molecule has 0 aliphatic rings. The molecule has 0 fully saturated rings. The Bertz CT molecular complexity index is 791. The standard InChI is InChI=1S/C13H9N5O4/c19-13(20)18-8-2-1-3-9(4-8)21-11-5-10(14-6-15-11)12-16-7-17-22-12/h1-7,18H,(H,19,20). The fraction of sp³-hybridized carbons (Fsp3) is 0. The van der Waals surface area contributed by atoms with Gasteiger partial charge in [0.2, 0.25) is 5.88 Å². The predicted molar refractivity (Wildman–Crippen MR) is 73.5 cm³/mol. The van der Waals surface area contributed by atoms with Crippen LogP contribution in [0, 0.1) is 0 Å². The highest BCUT2D eigenvalue weighted by atomic mass is 16.5. The Labute approximate surface area is 123 Å².